The molecule has 0 aromatic heterocycles. The fraction of sp³-hybridized carbons (Fsp3) is 0.515. The van der Waals surface area contributed by atoms with Crippen molar-refractivity contribution in [3.05, 3.63) is 71.8 Å². The van der Waals surface area contributed by atoms with Crippen LogP contribution in [0.3, 0.4) is 0 Å². The van der Waals surface area contributed by atoms with Gasteiger partial charge in [-0.15, -0.1) is 0 Å². The van der Waals surface area contributed by atoms with Crippen LogP contribution in [-0.4, -0.2) is 70.3 Å². The van der Waals surface area contributed by atoms with Gasteiger partial charge in [-0.25, -0.2) is 9.59 Å². The third-order valence-electron chi connectivity index (χ3n) is 6.17. The smallest absolute Gasteiger partial charge is 0.408 e. The molecule has 0 aliphatic heterocycles. The Labute approximate surface area is 255 Å². The van der Waals surface area contributed by atoms with Crippen molar-refractivity contribution in [2.75, 3.05) is 13.2 Å². The van der Waals surface area contributed by atoms with Gasteiger partial charge in [-0.1, -0.05) is 74.0 Å². The molecule has 0 saturated carbocycles. The van der Waals surface area contributed by atoms with Gasteiger partial charge >= 0.3 is 12.1 Å². The first-order valence-corrected chi connectivity index (χ1v) is 14.7. The predicted molar refractivity (Wildman–Crippen MR) is 164 cm³/mol. The molecule has 0 fully saturated rings. The second-order valence-corrected chi connectivity index (χ2v) is 12.4. The first kappa shape index (κ1) is 35.3. The second kappa shape index (κ2) is 16.1. The molecule has 10 heteroatoms. The van der Waals surface area contributed by atoms with E-state index >= 15 is 0 Å². The highest BCUT2D eigenvalue weighted by Crippen LogP contribution is 2.24. The molecule has 0 bridgehead atoms. The van der Waals surface area contributed by atoms with E-state index in [9.17, 15) is 24.3 Å². The molecule has 0 spiro atoms. The largest absolute Gasteiger partial charge is 0.458 e. The van der Waals surface area contributed by atoms with Gasteiger partial charge in [-0.2, -0.15) is 0 Å². The van der Waals surface area contributed by atoms with Crippen LogP contribution in [0.1, 0.15) is 78.5 Å². The molecular weight excluding hydrogens is 550 g/mol. The van der Waals surface area contributed by atoms with Crippen molar-refractivity contribution in [1.29, 1.82) is 0 Å². The van der Waals surface area contributed by atoms with Crippen molar-refractivity contribution >= 4 is 23.9 Å². The summed E-state index contributed by atoms with van der Waals surface area (Å²) in [7, 11) is 0. The molecule has 0 aliphatic carbocycles. The van der Waals surface area contributed by atoms with E-state index in [4.69, 9.17) is 9.47 Å². The molecule has 0 saturated heterocycles. The number of nitrogens with one attached hydrogen (secondary N) is 2. The van der Waals surface area contributed by atoms with Crippen LogP contribution in [0, 0.1) is 0 Å². The number of amides is 3. The number of hydrogen-bond donors (Lipinski definition) is 3. The lowest BCUT2D eigenvalue weighted by atomic mass is 10.0. The number of benzene rings is 2. The predicted octanol–water partition coefficient (Wildman–Crippen LogP) is 4.31. The SMILES string of the molecule is CCCCN(C(=O)C(CO)NC(=O)OC(C)(C)C)C(C(=O)NC(Cc1ccccc1)C(=O)OC(C)(C)C)c1ccccc1. The van der Waals surface area contributed by atoms with E-state index < -0.39 is 59.8 Å². The minimum atomic E-state index is -1.36. The van der Waals surface area contributed by atoms with Gasteiger partial charge in [0.2, 0.25) is 11.8 Å². The van der Waals surface area contributed by atoms with Crippen LogP contribution in [-0.2, 0) is 30.3 Å². The zero-order valence-corrected chi connectivity index (χ0v) is 26.4. The Morgan fingerprint density at radius 1 is 0.814 bits per heavy atom. The molecule has 3 atom stereocenters. The number of unbranched alkanes of at least 4 members (excludes halogenated alkanes) is 1. The van der Waals surface area contributed by atoms with Gasteiger partial charge in [-0.3, -0.25) is 9.59 Å². The van der Waals surface area contributed by atoms with Gasteiger partial charge in [0.1, 0.15) is 29.3 Å². The molecule has 3 unspecified atom stereocenters. The summed E-state index contributed by atoms with van der Waals surface area (Å²) in [6, 6.07) is 14.4. The van der Waals surface area contributed by atoms with Crippen LogP contribution in [0.15, 0.2) is 60.7 Å². The number of ether oxygens (including phenoxy) is 2. The highest BCUT2D eigenvalue weighted by molar-refractivity contribution is 5.94. The third kappa shape index (κ3) is 12.1. The van der Waals surface area contributed by atoms with Crippen molar-refractivity contribution in [3.8, 4) is 0 Å². The van der Waals surface area contributed by atoms with Crippen LogP contribution >= 0.6 is 0 Å². The average molecular weight is 598 g/mol. The minimum absolute atomic E-state index is 0.157. The lowest BCUT2D eigenvalue weighted by molar-refractivity contribution is -0.159. The fourth-order valence-corrected chi connectivity index (χ4v) is 4.31. The number of esters is 1. The Morgan fingerprint density at radius 3 is 1.88 bits per heavy atom. The standard InChI is InChI=1S/C33H47N3O7/c1-8-9-20-36(29(39)26(22-37)35-31(41)43-33(5,6)7)27(24-18-14-11-15-19-24)28(38)34-25(30(40)42-32(2,3)4)21-23-16-12-10-13-17-23/h10-19,25-27,37H,8-9,20-22H2,1-7H3,(H,34,38)(H,35,41). The van der Waals surface area contributed by atoms with E-state index in [0.29, 0.717) is 18.4 Å². The minimum Gasteiger partial charge on any atom is -0.458 e. The lowest BCUT2D eigenvalue weighted by Crippen LogP contribution is -2.56. The highest BCUT2D eigenvalue weighted by Gasteiger charge is 2.38. The third-order valence-corrected chi connectivity index (χ3v) is 6.17. The zero-order chi connectivity index (χ0) is 32.2. The van der Waals surface area contributed by atoms with E-state index in [2.05, 4.69) is 10.6 Å². The Kier molecular flexibility index (Phi) is 13.2. The number of carbonyl (C=O) groups is 4. The summed E-state index contributed by atoms with van der Waals surface area (Å²) >= 11 is 0. The average Bonchev–Trinajstić information content (AvgIpc) is 2.92. The summed E-state index contributed by atoms with van der Waals surface area (Å²) in [5, 5.41) is 15.4. The van der Waals surface area contributed by atoms with E-state index in [-0.39, 0.29) is 13.0 Å². The Balaban J connectivity index is 2.50. The molecule has 236 valence electrons. The van der Waals surface area contributed by atoms with Crippen molar-refractivity contribution in [3.63, 3.8) is 0 Å². The fourth-order valence-electron chi connectivity index (χ4n) is 4.31. The molecule has 0 heterocycles. The topological polar surface area (TPSA) is 134 Å². The lowest BCUT2D eigenvalue weighted by Gasteiger charge is -2.35. The number of aliphatic hydroxyl groups excluding tert-OH is 1. The molecule has 2 rings (SSSR count). The Hall–Kier alpha value is -3.92. The molecule has 0 aliphatic rings. The van der Waals surface area contributed by atoms with Crippen molar-refractivity contribution in [1.82, 2.24) is 15.5 Å². The first-order chi connectivity index (χ1) is 20.1. The molecular formula is C33H47N3O7. The van der Waals surface area contributed by atoms with E-state index in [1.54, 1.807) is 71.9 Å². The van der Waals surface area contributed by atoms with Crippen LogP contribution in [0.4, 0.5) is 4.79 Å². The quantitative estimate of drug-likeness (QED) is 0.293. The number of rotatable bonds is 13. The van der Waals surface area contributed by atoms with E-state index in [0.717, 1.165) is 5.56 Å². The van der Waals surface area contributed by atoms with Crippen LogP contribution in [0.2, 0.25) is 0 Å². The molecule has 2 aromatic rings. The number of alkyl carbamates (subject to hydrolysis) is 1. The van der Waals surface area contributed by atoms with Crippen LogP contribution in [0.5, 0.6) is 0 Å². The second-order valence-electron chi connectivity index (χ2n) is 12.4. The normalized spacial score (nSPS) is 13.7. The maximum absolute atomic E-state index is 14.2. The molecule has 3 N–H and O–H groups in total. The van der Waals surface area contributed by atoms with Crippen molar-refractivity contribution < 1.29 is 33.8 Å². The van der Waals surface area contributed by atoms with Gasteiger partial charge < -0.3 is 30.1 Å². The van der Waals surface area contributed by atoms with Crippen LogP contribution < -0.4 is 10.6 Å². The summed E-state index contributed by atoms with van der Waals surface area (Å²) in [6.07, 6.45) is 0.562. The highest BCUT2D eigenvalue weighted by atomic mass is 16.6. The zero-order valence-electron chi connectivity index (χ0n) is 26.4. The molecule has 3 amide bonds. The number of nitrogens with zero attached hydrogens (tertiary/aromatic N) is 1. The first-order valence-electron chi connectivity index (χ1n) is 14.7. The molecule has 2 aromatic carbocycles. The summed E-state index contributed by atoms with van der Waals surface area (Å²) in [5.41, 5.74) is -0.297. The summed E-state index contributed by atoms with van der Waals surface area (Å²) < 4.78 is 10.9. The molecule has 10 nitrogen and oxygen atoms in total. The Bertz CT molecular complexity index is 1190. The summed E-state index contributed by atoms with van der Waals surface area (Å²) in [6.45, 7) is 11.7. The van der Waals surface area contributed by atoms with Gasteiger partial charge in [0.25, 0.3) is 0 Å². The molecule has 0 radical (unpaired) electrons. The van der Waals surface area contributed by atoms with Crippen LogP contribution in [0.25, 0.3) is 0 Å². The summed E-state index contributed by atoms with van der Waals surface area (Å²) in [5.74, 6) is -1.87. The number of hydrogen-bond acceptors (Lipinski definition) is 7. The van der Waals surface area contributed by atoms with Crippen molar-refractivity contribution in [2.45, 2.75) is 97.1 Å². The monoisotopic (exact) mass is 597 g/mol. The maximum atomic E-state index is 14.2. The van der Waals surface area contributed by atoms with Gasteiger partial charge in [-0.05, 0) is 59.1 Å². The molecule has 43 heavy (non-hydrogen) atoms. The Morgan fingerprint density at radius 2 is 1.37 bits per heavy atom. The van der Waals surface area contributed by atoms with E-state index in [1.165, 1.54) is 4.90 Å². The number of carbonyl (C=O) groups excluding carboxylic acids is 4. The van der Waals surface area contributed by atoms with Crippen molar-refractivity contribution in [2.24, 2.45) is 0 Å². The summed E-state index contributed by atoms with van der Waals surface area (Å²) in [4.78, 5) is 55.2. The maximum Gasteiger partial charge on any atom is 0.408 e. The van der Waals surface area contributed by atoms with Gasteiger partial charge in [0, 0.05) is 13.0 Å². The number of aliphatic hydroxyl groups is 1. The van der Waals surface area contributed by atoms with Gasteiger partial charge in [0.05, 0.1) is 6.61 Å². The van der Waals surface area contributed by atoms with E-state index in [1.807, 2.05) is 37.3 Å². The van der Waals surface area contributed by atoms with Gasteiger partial charge in [0.15, 0.2) is 0 Å².